The lowest BCUT2D eigenvalue weighted by atomic mass is 10.2. The predicted molar refractivity (Wildman–Crippen MR) is 51.7 cm³/mol. The zero-order valence-corrected chi connectivity index (χ0v) is 7.77. The van der Waals surface area contributed by atoms with Crippen LogP contribution in [0.3, 0.4) is 0 Å². The van der Waals surface area contributed by atoms with E-state index in [-0.39, 0.29) is 17.5 Å². The summed E-state index contributed by atoms with van der Waals surface area (Å²) in [6.45, 7) is 2.47. The molecule has 0 saturated heterocycles. The minimum atomic E-state index is -0.0159. The van der Waals surface area contributed by atoms with Gasteiger partial charge in [0.1, 0.15) is 18.1 Å². The average Bonchev–Trinajstić information content (AvgIpc) is 2.51. The molecule has 0 amide bonds. The van der Waals surface area contributed by atoms with Crippen molar-refractivity contribution in [3.05, 3.63) is 23.8 Å². The minimum absolute atomic E-state index is 0.0159. The first kappa shape index (κ1) is 8.87. The third kappa shape index (κ3) is 1.51. The Hall–Kier alpha value is -1.71. The summed E-state index contributed by atoms with van der Waals surface area (Å²) in [6.07, 6.45) is 0. The molecule has 0 bridgehead atoms. The fourth-order valence-corrected chi connectivity index (χ4v) is 1.32. The van der Waals surface area contributed by atoms with Crippen molar-refractivity contribution in [1.29, 1.82) is 0 Å². The summed E-state index contributed by atoms with van der Waals surface area (Å²) in [4.78, 5) is 4.20. The van der Waals surface area contributed by atoms with Crippen LogP contribution in [0.2, 0.25) is 0 Å². The van der Waals surface area contributed by atoms with Crippen LogP contribution < -0.4 is 0 Å². The van der Waals surface area contributed by atoms with E-state index >= 15 is 0 Å². The molecule has 2 N–H and O–H groups in total. The number of ether oxygens (including phenoxy) is 1. The van der Waals surface area contributed by atoms with Gasteiger partial charge < -0.3 is 14.9 Å². The van der Waals surface area contributed by atoms with Crippen molar-refractivity contribution in [2.45, 2.75) is 13.0 Å². The Morgan fingerprint density at radius 1 is 1.43 bits per heavy atom. The van der Waals surface area contributed by atoms with Crippen LogP contribution >= 0.6 is 0 Å². The minimum Gasteiger partial charge on any atom is -0.508 e. The molecule has 1 aromatic carbocycles. The van der Waals surface area contributed by atoms with Gasteiger partial charge in [-0.3, -0.25) is 0 Å². The Balaban J connectivity index is 2.37. The second-order valence-electron chi connectivity index (χ2n) is 3.30. The number of phenols is 2. The molecule has 1 aliphatic rings. The number of aliphatic imine (C=N–C) groups is 1. The van der Waals surface area contributed by atoms with Gasteiger partial charge >= 0.3 is 0 Å². The Kier molecular flexibility index (Phi) is 2.04. The summed E-state index contributed by atoms with van der Waals surface area (Å²) in [5.74, 6) is 0.450. The molecule has 14 heavy (non-hydrogen) atoms. The van der Waals surface area contributed by atoms with E-state index in [1.165, 1.54) is 12.1 Å². The van der Waals surface area contributed by atoms with E-state index in [1.807, 2.05) is 6.92 Å². The monoisotopic (exact) mass is 193 g/mol. The number of aromatic hydroxyl groups is 2. The van der Waals surface area contributed by atoms with Gasteiger partial charge in [0.2, 0.25) is 5.90 Å². The maximum Gasteiger partial charge on any atom is 0.220 e. The third-order valence-corrected chi connectivity index (χ3v) is 2.01. The largest absolute Gasteiger partial charge is 0.508 e. The van der Waals surface area contributed by atoms with Gasteiger partial charge in [0.25, 0.3) is 0 Å². The van der Waals surface area contributed by atoms with Gasteiger partial charge in [0.05, 0.1) is 11.6 Å². The van der Waals surface area contributed by atoms with Gasteiger partial charge in [0, 0.05) is 6.07 Å². The van der Waals surface area contributed by atoms with E-state index in [4.69, 9.17) is 9.84 Å². The molecular formula is C10H11NO3. The Bertz CT molecular complexity index is 387. The summed E-state index contributed by atoms with van der Waals surface area (Å²) >= 11 is 0. The quantitative estimate of drug-likeness (QED) is 0.705. The van der Waals surface area contributed by atoms with Gasteiger partial charge in [-0.2, -0.15) is 0 Å². The van der Waals surface area contributed by atoms with E-state index in [1.54, 1.807) is 6.07 Å². The van der Waals surface area contributed by atoms with Crippen molar-refractivity contribution in [3.63, 3.8) is 0 Å². The molecule has 0 fully saturated rings. The van der Waals surface area contributed by atoms with Crippen molar-refractivity contribution < 1.29 is 14.9 Å². The van der Waals surface area contributed by atoms with Crippen LogP contribution in [0.4, 0.5) is 0 Å². The number of rotatable bonds is 1. The molecule has 0 unspecified atom stereocenters. The molecule has 1 heterocycles. The first-order valence-electron chi connectivity index (χ1n) is 4.40. The molecular weight excluding hydrogens is 182 g/mol. The Morgan fingerprint density at radius 3 is 2.79 bits per heavy atom. The topological polar surface area (TPSA) is 62.0 Å². The molecule has 0 aromatic heterocycles. The van der Waals surface area contributed by atoms with Crippen molar-refractivity contribution >= 4 is 5.90 Å². The third-order valence-electron chi connectivity index (χ3n) is 2.01. The molecule has 0 spiro atoms. The second-order valence-corrected chi connectivity index (χ2v) is 3.30. The van der Waals surface area contributed by atoms with E-state index in [0.29, 0.717) is 18.1 Å². The van der Waals surface area contributed by atoms with E-state index in [2.05, 4.69) is 4.99 Å². The molecule has 4 nitrogen and oxygen atoms in total. The zero-order valence-electron chi connectivity index (χ0n) is 7.77. The highest BCUT2D eigenvalue weighted by atomic mass is 16.5. The van der Waals surface area contributed by atoms with Crippen molar-refractivity contribution in [2.24, 2.45) is 4.99 Å². The Labute approximate surface area is 81.5 Å². The molecule has 0 aliphatic carbocycles. The smallest absolute Gasteiger partial charge is 0.220 e. The van der Waals surface area contributed by atoms with Crippen LogP contribution in [0.5, 0.6) is 11.5 Å². The summed E-state index contributed by atoms with van der Waals surface area (Å²) in [5.41, 5.74) is 0.521. The molecule has 1 aliphatic heterocycles. The van der Waals surface area contributed by atoms with Crippen LogP contribution in [0.25, 0.3) is 0 Å². The van der Waals surface area contributed by atoms with Gasteiger partial charge in [0.15, 0.2) is 0 Å². The maximum atomic E-state index is 9.52. The van der Waals surface area contributed by atoms with Crippen molar-refractivity contribution in [2.75, 3.05) is 6.61 Å². The van der Waals surface area contributed by atoms with Gasteiger partial charge in [-0.1, -0.05) is 0 Å². The fourth-order valence-electron chi connectivity index (χ4n) is 1.32. The summed E-state index contributed by atoms with van der Waals surface area (Å²) < 4.78 is 5.28. The van der Waals surface area contributed by atoms with Gasteiger partial charge in [-0.25, -0.2) is 4.99 Å². The lowest BCUT2D eigenvalue weighted by Gasteiger charge is -2.04. The van der Waals surface area contributed by atoms with Gasteiger partial charge in [-0.15, -0.1) is 0 Å². The highest BCUT2D eigenvalue weighted by Gasteiger charge is 2.18. The highest BCUT2D eigenvalue weighted by Crippen LogP contribution is 2.25. The van der Waals surface area contributed by atoms with E-state index in [9.17, 15) is 5.11 Å². The first-order valence-corrected chi connectivity index (χ1v) is 4.40. The fraction of sp³-hybridized carbons (Fsp3) is 0.300. The molecule has 1 aromatic rings. The number of hydrogen-bond donors (Lipinski definition) is 2. The molecule has 4 heteroatoms. The lowest BCUT2D eigenvalue weighted by Crippen LogP contribution is -2.02. The number of benzene rings is 1. The van der Waals surface area contributed by atoms with Crippen LogP contribution in [0.1, 0.15) is 12.5 Å². The highest BCUT2D eigenvalue weighted by molar-refractivity contribution is 5.97. The number of nitrogens with zero attached hydrogens (tertiary/aromatic N) is 1. The number of phenolic OH excluding ortho intramolecular Hbond substituents is 2. The van der Waals surface area contributed by atoms with Crippen LogP contribution in [-0.2, 0) is 4.74 Å². The van der Waals surface area contributed by atoms with E-state index in [0.717, 1.165) is 0 Å². The van der Waals surface area contributed by atoms with Gasteiger partial charge in [-0.05, 0) is 19.1 Å². The zero-order chi connectivity index (χ0) is 10.1. The van der Waals surface area contributed by atoms with Crippen molar-refractivity contribution in [3.8, 4) is 11.5 Å². The molecule has 0 radical (unpaired) electrons. The first-order chi connectivity index (χ1) is 6.66. The predicted octanol–water partition coefficient (Wildman–Crippen LogP) is 1.26. The summed E-state index contributed by atoms with van der Waals surface area (Å²) in [7, 11) is 0. The number of hydrogen-bond acceptors (Lipinski definition) is 4. The van der Waals surface area contributed by atoms with Crippen LogP contribution in [0.15, 0.2) is 23.2 Å². The maximum absolute atomic E-state index is 9.52. The molecule has 74 valence electrons. The average molecular weight is 193 g/mol. The van der Waals surface area contributed by atoms with E-state index < -0.39 is 0 Å². The SMILES string of the molecule is C[C@@H]1COC(c2ccc(O)cc2O)=N1. The van der Waals surface area contributed by atoms with Crippen LogP contribution in [0, 0.1) is 0 Å². The Morgan fingerprint density at radius 2 is 2.21 bits per heavy atom. The standard InChI is InChI=1S/C10H11NO3/c1-6-5-14-10(11-6)8-3-2-7(12)4-9(8)13/h2-4,6,12-13H,5H2,1H3/t6-/m1/s1. The lowest BCUT2D eigenvalue weighted by molar-refractivity contribution is 0.322. The molecule has 0 saturated carbocycles. The summed E-state index contributed by atoms with van der Waals surface area (Å²) in [5, 5.41) is 18.6. The van der Waals surface area contributed by atoms with Crippen molar-refractivity contribution in [1.82, 2.24) is 0 Å². The second kappa shape index (κ2) is 3.21. The summed E-state index contributed by atoms with van der Waals surface area (Å²) in [6, 6.07) is 4.47. The molecule has 1 atom stereocenters. The van der Waals surface area contributed by atoms with Crippen LogP contribution in [-0.4, -0.2) is 28.8 Å². The molecule has 2 rings (SSSR count). The normalized spacial score (nSPS) is 20.4.